The second kappa shape index (κ2) is 8.91. The Labute approximate surface area is 148 Å². The summed E-state index contributed by atoms with van der Waals surface area (Å²) in [6, 6.07) is 0. The molecule has 2 unspecified atom stereocenters. The number of rotatable bonds is 9. The first-order valence-electron chi connectivity index (χ1n) is 7.92. The van der Waals surface area contributed by atoms with Crippen LogP contribution >= 0.6 is 0 Å². The van der Waals surface area contributed by atoms with Gasteiger partial charge in [0.25, 0.3) is 0 Å². The predicted octanol–water partition coefficient (Wildman–Crippen LogP) is 2.17. The molecule has 0 radical (unpaired) electrons. The van der Waals surface area contributed by atoms with Crippen molar-refractivity contribution in [2.45, 2.75) is 85.1 Å². The molecular formula is C16H30O9. The number of hydrogen-bond acceptors (Lipinski definition) is 8. The van der Waals surface area contributed by atoms with Crippen molar-refractivity contribution in [1.29, 1.82) is 0 Å². The summed E-state index contributed by atoms with van der Waals surface area (Å²) in [5.74, 6) is -6.03. The minimum atomic E-state index is -2.84. The van der Waals surface area contributed by atoms with Crippen LogP contribution in [-0.2, 0) is 33.9 Å². The largest absolute Gasteiger partial charge is 0.481 e. The first-order valence-corrected chi connectivity index (χ1v) is 7.92. The Morgan fingerprint density at radius 3 is 1.76 bits per heavy atom. The Morgan fingerprint density at radius 2 is 1.40 bits per heavy atom. The molecule has 0 heterocycles. The molecule has 0 aromatic rings. The molecular weight excluding hydrogens is 336 g/mol. The van der Waals surface area contributed by atoms with Gasteiger partial charge in [-0.3, -0.25) is 4.79 Å². The lowest BCUT2D eigenvalue weighted by atomic mass is 10.2. The van der Waals surface area contributed by atoms with Gasteiger partial charge in [-0.2, -0.15) is 9.78 Å². The summed E-state index contributed by atoms with van der Waals surface area (Å²) < 4.78 is 5.03. The normalized spacial score (nSPS) is 16.4. The van der Waals surface area contributed by atoms with Gasteiger partial charge >= 0.3 is 17.7 Å². The van der Waals surface area contributed by atoms with Crippen molar-refractivity contribution >= 4 is 11.9 Å². The number of carboxylic acid groups (broad SMARTS) is 1. The van der Waals surface area contributed by atoms with Gasteiger partial charge in [0.15, 0.2) is 0 Å². The average Bonchev–Trinajstić information content (AvgIpc) is 2.38. The van der Waals surface area contributed by atoms with Crippen molar-refractivity contribution in [2.24, 2.45) is 5.92 Å². The Bertz CT molecular complexity index is 448. The molecule has 9 heteroatoms. The van der Waals surface area contributed by atoms with E-state index in [1.165, 1.54) is 0 Å². The van der Waals surface area contributed by atoms with Crippen LogP contribution in [0.5, 0.6) is 0 Å². The van der Waals surface area contributed by atoms with Crippen LogP contribution in [0.3, 0.4) is 0 Å². The van der Waals surface area contributed by atoms with Gasteiger partial charge in [-0.15, -0.1) is 0 Å². The summed E-state index contributed by atoms with van der Waals surface area (Å²) in [6.45, 7) is 13.3. The van der Waals surface area contributed by atoms with Gasteiger partial charge in [-0.05, 0) is 41.5 Å². The molecule has 0 aliphatic carbocycles. The highest BCUT2D eigenvalue weighted by Crippen LogP contribution is 2.23. The van der Waals surface area contributed by atoms with E-state index in [4.69, 9.17) is 29.4 Å². The molecule has 0 saturated carbocycles. The number of carbonyl (C=O) groups is 2. The highest BCUT2D eigenvalue weighted by atomic mass is 17.2. The Morgan fingerprint density at radius 1 is 0.920 bits per heavy atom. The SMILES string of the molecule is CC(C)C(OOC(C)(C)C)OC(=O)C(O)(CC(=O)O)OOC(C)(C)C. The van der Waals surface area contributed by atoms with E-state index in [9.17, 15) is 14.7 Å². The lowest BCUT2D eigenvalue weighted by Crippen LogP contribution is -2.48. The smallest absolute Gasteiger partial charge is 0.372 e. The molecule has 0 rings (SSSR count). The third-order valence-electron chi connectivity index (χ3n) is 2.30. The van der Waals surface area contributed by atoms with E-state index < -0.39 is 41.6 Å². The van der Waals surface area contributed by atoms with Crippen LogP contribution < -0.4 is 0 Å². The number of carboxylic acids is 1. The molecule has 25 heavy (non-hydrogen) atoms. The maximum Gasteiger partial charge on any atom is 0.372 e. The van der Waals surface area contributed by atoms with Crippen LogP contribution in [0.25, 0.3) is 0 Å². The molecule has 2 N–H and O–H groups in total. The summed E-state index contributed by atoms with van der Waals surface area (Å²) in [7, 11) is 0. The van der Waals surface area contributed by atoms with Crippen LogP contribution in [0.1, 0.15) is 61.8 Å². The summed E-state index contributed by atoms with van der Waals surface area (Å²) >= 11 is 0. The maximum atomic E-state index is 12.3. The van der Waals surface area contributed by atoms with Gasteiger partial charge in [0.1, 0.15) is 6.42 Å². The van der Waals surface area contributed by atoms with Gasteiger partial charge in [-0.25, -0.2) is 14.6 Å². The zero-order valence-electron chi connectivity index (χ0n) is 16.1. The van der Waals surface area contributed by atoms with Crippen LogP contribution in [0, 0.1) is 5.92 Å². The van der Waals surface area contributed by atoms with Crippen molar-refractivity contribution in [2.75, 3.05) is 0 Å². The molecule has 0 saturated heterocycles. The molecule has 2 atom stereocenters. The molecule has 148 valence electrons. The Kier molecular flexibility index (Phi) is 8.46. The fraction of sp³-hybridized carbons (Fsp3) is 0.875. The number of carbonyl (C=O) groups excluding carboxylic acids is 1. The topological polar surface area (TPSA) is 121 Å². The Balaban J connectivity index is 5.16. The summed E-state index contributed by atoms with van der Waals surface area (Å²) in [6.07, 6.45) is -2.27. The molecule has 0 amide bonds. The van der Waals surface area contributed by atoms with E-state index in [-0.39, 0.29) is 5.92 Å². The van der Waals surface area contributed by atoms with E-state index in [0.717, 1.165) is 0 Å². The molecule has 9 nitrogen and oxygen atoms in total. The molecule has 0 spiro atoms. The monoisotopic (exact) mass is 366 g/mol. The van der Waals surface area contributed by atoms with Crippen molar-refractivity contribution in [3.05, 3.63) is 0 Å². The number of esters is 1. The van der Waals surface area contributed by atoms with Gasteiger partial charge < -0.3 is 14.9 Å². The maximum absolute atomic E-state index is 12.3. The van der Waals surface area contributed by atoms with E-state index in [1.54, 1.807) is 55.4 Å². The predicted molar refractivity (Wildman–Crippen MR) is 85.8 cm³/mol. The first-order chi connectivity index (χ1) is 11.1. The number of hydrogen-bond donors (Lipinski definition) is 2. The third kappa shape index (κ3) is 10.4. The lowest BCUT2D eigenvalue weighted by Gasteiger charge is -2.30. The van der Waals surface area contributed by atoms with Gasteiger partial charge in [0, 0.05) is 5.92 Å². The average molecular weight is 366 g/mol. The minimum absolute atomic E-state index is 0.344. The quantitative estimate of drug-likeness (QED) is 0.274. The highest BCUT2D eigenvalue weighted by Gasteiger charge is 2.46. The lowest BCUT2D eigenvalue weighted by molar-refractivity contribution is -0.450. The van der Waals surface area contributed by atoms with Crippen LogP contribution in [0.2, 0.25) is 0 Å². The number of aliphatic hydroxyl groups is 1. The Hall–Kier alpha value is -1.26. The van der Waals surface area contributed by atoms with Gasteiger partial charge in [-0.1, -0.05) is 13.8 Å². The second-order valence-corrected chi connectivity index (χ2v) is 7.94. The zero-order valence-corrected chi connectivity index (χ0v) is 16.1. The summed E-state index contributed by atoms with van der Waals surface area (Å²) in [5.41, 5.74) is -1.56. The van der Waals surface area contributed by atoms with Crippen LogP contribution in [0.4, 0.5) is 0 Å². The van der Waals surface area contributed by atoms with Crippen molar-refractivity contribution < 1.29 is 44.1 Å². The first kappa shape index (κ1) is 23.7. The van der Waals surface area contributed by atoms with Gasteiger partial charge in [0.05, 0.1) is 11.2 Å². The molecule has 0 aliphatic heterocycles. The highest BCUT2D eigenvalue weighted by molar-refractivity contribution is 5.83. The number of ether oxygens (including phenoxy) is 1. The molecule has 0 fully saturated rings. The number of aliphatic carboxylic acids is 1. The van der Waals surface area contributed by atoms with E-state index in [1.807, 2.05) is 0 Å². The van der Waals surface area contributed by atoms with Crippen molar-refractivity contribution in [3.63, 3.8) is 0 Å². The van der Waals surface area contributed by atoms with Crippen LogP contribution in [-0.4, -0.2) is 45.4 Å². The minimum Gasteiger partial charge on any atom is -0.481 e. The third-order valence-corrected chi connectivity index (χ3v) is 2.30. The zero-order chi connectivity index (χ0) is 20.1. The molecule has 0 aliphatic rings. The fourth-order valence-electron chi connectivity index (χ4n) is 1.19. The van der Waals surface area contributed by atoms with Gasteiger partial charge in [0.2, 0.25) is 6.29 Å². The van der Waals surface area contributed by atoms with Crippen LogP contribution in [0.15, 0.2) is 0 Å². The second-order valence-electron chi connectivity index (χ2n) is 7.94. The molecule has 0 bridgehead atoms. The molecule has 0 aromatic heterocycles. The standard InChI is InChI=1S/C16H30O9/c1-10(2)12(22-23-14(3,4)5)21-13(19)16(20,9-11(17)18)25-24-15(6,7)8/h10,12,20H,9H2,1-8H3,(H,17,18). The fourth-order valence-corrected chi connectivity index (χ4v) is 1.19. The summed E-state index contributed by atoms with van der Waals surface area (Å²) in [4.78, 5) is 43.0. The van der Waals surface area contributed by atoms with E-state index >= 15 is 0 Å². The molecule has 0 aromatic carbocycles. The van der Waals surface area contributed by atoms with E-state index in [0.29, 0.717) is 0 Å². The van der Waals surface area contributed by atoms with E-state index in [2.05, 4.69) is 0 Å². The van der Waals surface area contributed by atoms with Crippen molar-refractivity contribution in [1.82, 2.24) is 0 Å². The van der Waals surface area contributed by atoms with Crippen molar-refractivity contribution in [3.8, 4) is 0 Å². The summed E-state index contributed by atoms with van der Waals surface area (Å²) in [5, 5.41) is 19.2.